The van der Waals surface area contributed by atoms with E-state index < -0.39 is 11.6 Å². The van der Waals surface area contributed by atoms with E-state index in [-0.39, 0.29) is 30.3 Å². The van der Waals surface area contributed by atoms with Gasteiger partial charge in [0.15, 0.2) is 0 Å². The van der Waals surface area contributed by atoms with Crippen LogP contribution in [0.1, 0.15) is 44.7 Å². The smallest absolute Gasteiger partial charge is 0.325 e. The van der Waals surface area contributed by atoms with Crippen molar-refractivity contribution in [1.82, 2.24) is 15.5 Å². The standard InChI is InChI=1S/C19H25N3O3/c1-12(2)13(3)20-16(23)11-22-17(24)19(21-18(22)25)10-6-8-14-7-4-5-9-15(14)19/h4-5,7,9,12-13H,6,8,10-11H2,1-3H3,(H,20,23)(H,21,25)/t13-,19-/m1/s1. The molecule has 1 aromatic carbocycles. The van der Waals surface area contributed by atoms with Crippen molar-refractivity contribution in [2.45, 2.75) is 51.6 Å². The monoisotopic (exact) mass is 343 g/mol. The topological polar surface area (TPSA) is 78.5 Å². The van der Waals surface area contributed by atoms with Gasteiger partial charge in [-0.05, 0) is 43.2 Å². The molecule has 2 atom stereocenters. The molecule has 0 bridgehead atoms. The number of nitrogens with zero attached hydrogens (tertiary/aromatic N) is 1. The molecule has 4 amide bonds. The highest BCUT2D eigenvalue weighted by molar-refractivity contribution is 6.09. The third-order valence-corrected chi connectivity index (χ3v) is 5.34. The van der Waals surface area contributed by atoms with E-state index in [2.05, 4.69) is 10.6 Å². The summed E-state index contributed by atoms with van der Waals surface area (Å²) in [4.78, 5) is 38.8. The molecule has 1 aliphatic heterocycles. The Kier molecular flexibility index (Phi) is 4.54. The number of benzene rings is 1. The summed E-state index contributed by atoms with van der Waals surface area (Å²) < 4.78 is 0. The molecule has 1 saturated heterocycles. The van der Waals surface area contributed by atoms with Crippen molar-refractivity contribution < 1.29 is 14.4 Å². The van der Waals surface area contributed by atoms with E-state index in [0.29, 0.717) is 6.42 Å². The molecular formula is C19H25N3O3. The van der Waals surface area contributed by atoms with Crippen LogP contribution in [0.25, 0.3) is 0 Å². The van der Waals surface area contributed by atoms with Crippen molar-refractivity contribution in [3.8, 4) is 0 Å². The van der Waals surface area contributed by atoms with Crippen LogP contribution in [0.15, 0.2) is 24.3 Å². The Bertz CT molecular complexity index is 716. The van der Waals surface area contributed by atoms with Crippen LogP contribution in [-0.4, -0.2) is 35.3 Å². The number of urea groups is 1. The molecule has 1 fully saturated rings. The molecule has 0 saturated carbocycles. The lowest BCUT2D eigenvalue weighted by molar-refractivity contribution is -0.135. The molecule has 2 aliphatic rings. The van der Waals surface area contributed by atoms with Crippen LogP contribution in [0.3, 0.4) is 0 Å². The molecule has 1 aliphatic carbocycles. The van der Waals surface area contributed by atoms with Gasteiger partial charge in [-0.3, -0.25) is 14.5 Å². The lowest BCUT2D eigenvalue weighted by Gasteiger charge is -2.33. The van der Waals surface area contributed by atoms with E-state index in [1.165, 1.54) is 0 Å². The summed E-state index contributed by atoms with van der Waals surface area (Å²) in [6.07, 6.45) is 2.29. The number of amides is 4. The van der Waals surface area contributed by atoms with Crippen molar-refractivity contribution in [3.05, 3.63) is 35.4 Å². The predicted octanol–water partition coefficient (Wildman–Crippen LogP) is 1.93. The number of carbonyl (C=O) groups is 3. The molecule has 3 rings (SSSR count). The average Bonchev–Trinajstić information content (AvgIpc) is 2.80. The number of fused-ring (bicyclic) bond motifs is 2. The third kappa shape index (κ3) is 3.01. The van der Waals surface area contributed by atoms with Gasteiger partial charge >= 0.3 is 6.03 Å². The first-order valence-electron chi connectivity index (χ1n) is 8.87. The summed E-state index contributed by atoms with van der Waals surface area (Å²) in [5, 5.41) is 5.71. The van der Waals surface area contributed by atoms with Crippen LogP contribution < -0.4 is 10.6 Å². The number of rotatable bonds is 4. The fourth-order valence-electron chi connectivity index (χ4n) is 3.56. The highest BCUT2D eigenvalue weighted by Crippen LogP contribution is 2.39. The van der Waals surface area contributed by atoms with Gasteiger partial charge in [-0.2, -0.15) is 0 Å². The van der Waals surface area contributed by atoms with Gasteiger partial charge in [0.2, 0.25) is 5.91 Å². The molecular weight excluding hydrogens is 318 g/mol. The van der Waals surface area contributed by atoms with Crippen LogP contribution in [0.5, 0.6) is 0 Å². The molecule has 0 unspecified atom stereocenters. The van der Waals surface area contributed by atoms with Crippen LogP contribution >= 0.6 is 0 Å². The normalized spacial score (nSPS) is 23.6. The van der Waals surface area contributed by atoms with Crippen LogP contribution in [0.4, 0.5) is 4.79 Å². The second kappa shape index (κ2) is 6.50. The highest BCUT2D eigenvalue weighted by atomic mass is 16.2. The first kappa shape index (κ1) is 17.5. The zero-order chi connectivity index (χ0) is 18.2. The Labute approximate surface area is 148 Å². The maximum atomic E-state index is 13.1. The van der Waals surface area contributed by atoms with E-state index in [1.807, 2.05) is 45.0 Å². The summed E-state index contributed by atoms with van der Waals surface area (Å²) in [6.45, 7) is 5.68. The molecule has 6 nitrogen and oxygen atoms in total. The number of aryl methyl sites for hydroxylation is 1. The molecule has 0 aromatic heterocycles. The summed E-state index contributed by atoms with van der Waals surface area (Å²) in [5.74, 6) is -0.355. The lowest BCUT2D eigenvalue weighted by Crippen LogP contribution is -2.48. The van der Waals surface area contributed by atoms with Gasteiger partial charge in [0.25, 0.3) is 5.91 Å². The Morgan fingerprint density at radius 1 is 1.28 bits per heavy atom. The van der Waals surface area contributed by atoms with Gasteiger partial charge in [-0.15, -0.1) is 0 Å². The van der Waals surface area contributed by atoms with Crippen LogP contribution in [0, 0.1) is 5.92 Å². The van der Waals surface area contributed by atoms with Gasteiger partial charge in [-0.25, -0.2) is 4.79 Å². The number of carbonyl (C=O) groups excluding carboxylic acids is 3. The molecule has 134 valence electrons. The minimum absolute atomic E-state index is 0.0161. The molecule has 25 heavy (non-hydrogen) atoms. The summed E-state index contributed by atoms with van der Waals surface area (Å²) >= 11 is 0. The van der Waals surface area contributed by atoms with Gasteiger partial charge in [0.1, 0.15) is 12.1 Å². The van der Waals surface area contributed by atoms with Crippen molar-refractivity contribution in [2.75, 3.05) is 6.54 Å². The lowest BCUT2D eigenvalue weighted by atomic mass is 9.76. The van der Waals surface area contributed by atoms with Crippen molar-refractivity contribution >= 4 is 17.8 Å². The maximum absolute atomic E-state index is 13.1. The maximum Gasteiger partial charge on any atom is 0.325 e. The zero-order valence-electron chi connectivity index (χ0n) is 15.0. The second-order valence-corrected chi connectivity index (χ2v) is 7.34. The fourth-order valence-corrected chi connectivity index (χ4v) is 3.56. The third-order valence-electron chi connectivity index (χ3n) is 5.34. The van der Waals surface area contributed by atoms with Gasteiger partial charge in [0, 0.05) is 6.04 Å². The molecule has 2 N–H and O–H groups in total. The Morgan fingerprint density at radius 2 is 2.00 bits per heavy atom. The van der Waals surface area contributed by atoms with Crippen LogP contribution in [-0.2, 0) is 21.5 Å². The largest absolute Gasteiger partial charge is 0.352 e. The van der Waals surface area contributed by atoms with E-state index in [9.17, 15) is 14.4 Å². The average molecular weight is 343 g/mol. The molecule has 1 aromatic rings. The summed E-state index contributed by atoms with van der Waals surface area (Å²) in [6, 6.07) is 7.21. The van der Waals surface area contributed by atoms with Crippen molar-refractivity contribution in [3.63, 3.8) is 0 Å². The fraction of sp³-hybridized carbons (Fsp3) is 0.526. The zero-order valence-corrected chi connectivity index (χ0v) is 15.0. The van der Waals surface area contributed by atoms with Gasteiger partial charge < -0.3 is 10.6 Å². The van der Waals surface area contributed by atoms with E-state index in [0.717, 1.165) is 28.9 Å². The Hall–Kier alpha value is -2.37. The summed E-state index contributed by atoms with van der Waals surface area (Å²) in [7, 11) is 0. The minimum atomic E-state index is -1.02. The number of hydrogen-bond donors (Lipinski definition) is 2. The van der Waals surface area contributed by atoms with E-state index in [4.69, 9.17) is 0 Å². The Balaban J connectivity index is 1.81. The molecule has 0 radical (unpaired) electrons. The van der Waals surface area contributed by atoms with Gasteiger partial charge in [-0.1, -0.05) is 38.1 Å². The van der Waals surface area contributed by atoms with Crippen molar-refractivity contribution in [2.24, 2.45) is 5.92 Å². The number of hydrogen-bond acceptors (Lipinski definition) is 3. The highest BCUT2D eigenvalue weighted by Gasteiger charge is 2.54. The summed E-state index contributed by atoms with van der Waals surface area (Å²) in [5.41, 5.74) is 0.927. The second-order valence-electron chi connectivity index (χ2n) is 7.34. The van der Waals surface area contributed by atoms with Crippen LogP contribution in [0.2, 0.25) is 0 Å². The van der Waals surface area contributed by atoms with E-state index in [1.54, 1.807) is 0 Å². The molecule has 6 heteroatoms. The van der Waals surface area contributed by atoms with Gasteiger partial charge in [0.05, 0.1) is 0 Å². The molecule has 1 spiro atoms. The first-order chi connectivity index (χ1) is 11.8. The number of imide groups is 1. The minimum Gasteiger partial charge on any atom is -0.352 e. The SMILES string of the molecule is CC(C)[C@@H](C)NC(=O)CN1C(=O)N[C@@]2(CCCc3ccccc32)C1=O. The van der Waals surface area contributed by atoms with Crippen molar-refractivity contribution in [1.29, 1.82) is 0 Å². The van der Waals surface area contributed by atoms with E-state index >= 15 is 0 Å². The first-order valence-corrected chi connectivity index (χ1v) is 8.87. The quantitative estimate of drug-likeness (QED) is 0.820. The number of nitrogens with one attached hydrogen (secondary N) is 2. The predicted molar refractivity (Wildman–Crippen MR) is 93.7 cm³/mol. The molecule has 1 heterocycles. The Morgan fingerprint density at radius 3 is 2.72 bits per heavy atom.